The highest BCUT2D eigenvalue weighted by Gasteiger charge is 2.29. The number of benzene rings is 1. The van der Waals surface area contributed by atoms with Gasteiger partial charge in [-0.1, -0.05) is 18.2 Å². The summed E-state index contributed by atoms with van der Waals surface area (Å²) in [6, 6.07) is 9.06. The van der Waals surface area contributed by atoms with E-state index in [1.165, 1.54) is 14.0 Å². The smallest absolute Gasteiger partial charge is 0.309 e. The second kappa shape index (κ2) is 5.34. The molecule has 1 aromatic carbocycles. The van der Waals surface area contributed by atoms with Crippen molar-refractivity contribution in [1.82, 2.24) is 10.6 Å². The SMILES string of the molecule is CNC(=O)C(=O)NCC(C)(O)c1cc2ccccc2o1. The molecule has 0 bridgehead atoms. The molecule has 6 heteroatoms. The number of fused-ring (bicyclic) bond motifs is 1. The Morgan fingerprint density at radius 2 is 2.00 bits per heavy atom. The molecule has 0 aliphatic rings. The third kappa shape index (κ3) is 2.80. The van der Waals surface area contributed by atoms with E-state index in [2.05, 4.69) is 10.6 Å². The zero-order valence-electron chi connectivity index (χ0n) is 11.3. The van der Waals surface area contributed by atoms with E-state index in [4.69, 9.17) is 4.42 Å². The third-order valence-corrected chi connectivity index (χ3v) is 2.98. The predicted molar refractivity (Wildman–Crippen MR) is 72.9 cm³/mol. The van der Waals surface area contributed by atoms with Gasteiger partial charge in [0, 0.05) is 12.4 Å². The largest absolute Gasteiger partial charge is 0.458 e. The van der Waals surface area contributed by atoms with Crippen LogP contribution in [0.15, 0.2) is 34.7 Å². The summed E-state index contributed by atoms with van der Waals surface area (Å²) >= 11 is 0. The second-order valence-electron chi connectivity index (χ2n) is 4.68. The molecular formula is C14H16N2O4. The number of carbonyl (C=O) groups is 2. The summed E-state index contributed by atoms with van der Waals surface area (Å²) in [4.78, 5) is 22.4. The first-order valence-electron chi connectivity index (χ1n) is 6.15. The van der Waals surface area contributed by atoms with E-state index < -0.39 is 17.4 Å². The Kier molecular flexibility index (Phi) is 3.76. The Hall–Kier alpha value is -2.34. The van der Waals surface area contributed by atoms with Crippen molar-refractivity contribution in [1.29, 1.82) is 0 Å². The molecule has 6 nitrogen and oxygen atoms in total. The van der Waals surface area contributed by atoms with Crippen molar-refractivity contribution < 1.29 is 19.1 Å². The van der Waals surface area contributed by atoms with Crippen LogP contribution in [0.5, 0.6) is 0 Å². The summed E-state index contributed by atoms with van der Waals surface area (Å²) < 4.78 is 5.55. The van der Waals surface area contributed by atoms with Crippen LogP contribution in [0.2, 0.25) is 0 Å². The van der Waals surface area contributed by atoms with Crippen LogP contribution >= 0.6 is 0 Å². The van der Waals surface area contributed by atoms with Gasteiger partial charge in [0.1, 0.15) is 16.9 Å². The number of hydrogen-bond donors (Lipinski definition) is 3. The Bertz CT molecular complexity index is 612. The molecule has 106 valence electrons. The topological polar surface area (TPSA) is 91.6 Å². The lowest BCUT2D eigenvalue weighted by molar-refractivity contribution is -0.139. The normalized spacial score (nSPS) is 13.8. The number of hydrogen-bond acceptors (Lipinski definition) is 4. The van der Waals surface area contributed by atoms with Gasteiger partial charge in [-0.25, -0.2) is 0 Å². The lowest BCUT2D eigenvalue weighted by Crippen LogP contribution is -2.44. The number of amides is 2. The molecule has 0 saturated carbocycles. The summed E-state index contributed by atoms with van der Waals surface area (Å²) in [5, 5.41) is 15.8. The molecule has 2 aromatic rings. The van der Waals surface area contributed by atoms with Gasteiger partial charge in [0.05, 0.1) is 6.54 Å². The van der Waals surface area contributed by atoms with E-state index in [0.717, 1.165) is 5.39 Å². The van der Waals surface area contributed by atoms with Gasteiger partial charge in [0.25, 0.3) is 0 Å². The molecule has 1 heterocycles. The molecule has 3 N–H and O–H groups in total. The second-order valence-corrected chi connectivity index (χ2v) is 4.68. The molecule has 1 aromatic heterocycles. The number of nitrogens with one attached hydrogen (secondary N) is 2. The number of furan rings is 1. The van der Waals surface area contributed by atoms with Gasteiger partial charge in [0.15, 0.2) is 0 Å². The van der Waals surface area contributed by atoms with E-state index in [9.17, 15) is 14.7 Å². The third-order valence-electron chi connectivity index (χ3n) is 2.98. The van der Waals surface area contributed by atoms with E-state index in [0.29, 0.717) is 11.3 Å². The average molecular weight is 276 g/mol. The highest BCUT2D eigenvalue weighted by Crippen LogP contribution is 2.27. The van der Waals surface area contributed by atoms with Crippen LogP contribution in [0.1, 0.15) is 12.7 Å². The first-order valence-corrected chi connectivity index (χ1v) is 6.15. The Balaban J connectivity index is 2.13. The minimum atomic E-state index is -1.40. The van der Waals surface area contributed by atoms with E-state index in [1.54, 1.807) is 12.1 Å². The minimum absolute atomic E-state index is 0.126. The first kappa shape index (κ1) is 14.1. The molecule has 0 aliphatic heterocycles. The maximum atomic E-state index is 11.4. The van der Waals surface area contributed by atoms with Crippen LogP contribution in [0.4, 0.5) is 0 Å². The van der Waals surface area contributed by atoms with Gasteiger partial charge in [-0.3, -0.25) is 9.59 Å². The monoisotopic (exact) mass is 276 g/mol. The van der Waals surface area contributed by atoms with E-state index in [1.807, 2.05) is 18.2 Å². The Morgan fingerprint density at radius 3 is 2.65 bits per heavy atom. The van der Waals surface area contributed by atoms with Crippen LogP contribution in [-0.2, 0) is 15.2 Å². The van der Waals surface area contributed by atoms with Crippen molar-refractivity contribution >= 4 is 22.8 Å². The van der Waals surface area contributed by atoms with Crippen molar-refractivity contribution in [3.63, 3.8) is 0 Å². The highest BCUT2D eigenvalue weighted by molar-refractivity contribution is 6.35. The van der Waals surface area contributed by atoms with Gasteiger partial charge < -0.3 is 20.2 Å². The molecule has 0 radical (unpaired) electrons. The molecule has 1 atom stereocenters. The van der Waals surface area contributed by atoms with Crippen molar-refractivity contribution in [2.45, 2.75) is 12.5 Å². The lowest BCUT2D eigenvalue weighted by atomic mass is 10.0. The number of likely N-dealkylation sites (N-methyl/N-ethyl adjacent to an activating group) is 1. The zero-order valence-corrected chi connectivity index (χ0v) is 11.3. The van der Waals surface area contributed by atoms with Crippen LogP contribution in [0, 0.1) is 0 Å². The minimum Gasteiger partial charge on any atom is -0.458 e. The molecule has 20 heavy (non-hydrogen) atoms. The fourth-order valence-corrected chi connectivity index (χ4v) is 1.78. The fourth-order valence-electron chi connectivity index (χ4n) is 1.78. The van der Waals surface area contributed by atoms with Crippen molar-refractivity contribution in [2.75, 3.05) is 13.6 Å². The summed E-state index contributed by atoms with van der Waals surface area (Å²) in [5.41, 5.74) is -0.747. The average Bonchev–Trinajstić information content (AvgIpc) is 2.88. The van der Waals surface area contributed by atoms with Crippen molar-refractivity contribution in [3.8, 4) is 0 Å². The molecule has 0 spiro atoms. The molecule has 1 unspecified atom stereocenters. The highest BCUT2D eigenvalue weighted by atomic mass is 16.4. The molecular weight excluding hydrogens is 260 g/mol. The Morgan fingerprint density at radius 1 is 1.30 bits per heavy atom. The summed E-state index contributed by atoms with van der Waals surface area (Å²) in [6.07, 6.45) is 0. The van der Waals surface area contributed by atoms with Gasteiger partial charge in [-0.15, -0.1) is 0 Å². The van der Waals surface area contributed by atoms with Crippen molar-refractivity contribution in [2.24, 2.45) is 0 Å². The number of para-hydroxylation sites is 1. The molecule has 0 aliphatic carbocycles. The summed E-state index contributed by atoms with van der Waals surface area (Å²) in [7, 11) is 1.36. The summed E-state index contributed by atoms with van der Waals surface area (Å²) in [6.45, 7) is 1.38. The predicted octanol–water partition coefficient (Wildman–Crippen LogP) is 0.503. The maximum Gasteiger partial charge on any atom is 0.309 e. The molecule has 0 saturated heterocycles. The van der Waals surface area contributed by atoms with E-state index in [-0.39, 0.29) is 6.54 Å². The number of carbonyl (C=O) groups excluding carboxylic acids is 2. The molecule has 2 amide bonds. The Labute approximate surface area is 115 Å². The van der Waals surface area contributed by atoms with Gasteiger partial charge >= 0.3 is 11.8 Å². The first-order chi connectivity index (χ1) is 9.44. The standard InChI is InChI=1S/C14H16N2O4/c1-14(19,8-16-13(18)12(17)15-2)11-7-9-5-3-4-6-10(9)20-11/h3-7,19H,8H2,1-2H3,(H,15,17)(H,16,18). The fraction of sp³-hybridized carbons (Fsp3) is 0.286. The van der Waals surface area contributed by atoms with E-state index >= 15 is 0 Å². The molecule has 2 rings (SSSR count). The number of aliphatic hydroxyl groups is 1. The maximum absolute atomic E-state index is 11.4. The summed E-state index contributed by atoms with van der Waals surface area (Å²) in [5.74, 6) is -1.23. The zero-order chi connectivity index (χ0) is 14.8. The van der Waals surface area contributed by atoms with Crippen LogP contribution in [-0.4, -0.2) is 30.5 Å². The van der Waals surface area contributed by atoms with Crippen LogP contribution in [0.3, 0.4) is 0 Å². The van der Waals surface area contributed by atoms with Crippen molar-refractivity contribution in [3.05, 3.63) is 36.1 Å². The van der Waals surface area contributed by atoms with Crippen LogP contribution < -0.4 is 10.6 Å². The number of rotatable bonds is 3. The quantitative estimate of drug-likeness (QED) is 0.712. The van der Waals surface area contributed by atoms with Gasteiger partial charge in [-0.05, 0) is 19.1 Å². The van der Waals surface area contributed by atoms with Crippen LogP contribution in [0.25, 0.3) is 11.0 Å². The lowest BCUT2D eigenvalue weighted by Gasteiger charge is -2.20. The molecule has 0 fully saturated rings. The van der Waals surface area contributed by atoms with Gasteiger partial charge in [0.2, 0.25) is 0 Å². The van der Waals surface area contributed by atoms with Gasteiger partial charge in [-0.2, -0.15) is 0 Å².